The van der Waals surface area contributed by atoms with Gasteiger partial charge in [-0.3, -0.25) is 9.69 Å². The number of rotatable bonds is 7. The topological polar surface area (TPSA) is 41.6 Å². The van der Waals surface area contributed by atoms with Gasteiger partial charge in [-0.25, -0.2) is 0 Å². The SMILES string of the molecule is COc1ccc(CCNC(=O)C2CCN(Cc3ccc(Cl)c(Cl)c3)CC2)cc1. The maximum atomic E-state index is 12.5. The van der Waals surface area contributed by atoms with Gasteiger partial charge in [0.05, 0.1) is 17.2 Å². The first-order valence-corrected chi connectivity index (χ1v) is 10.4. The van der Waals surface area contributed by atoms with E-state index in [0.717, 1.165) is 50.2 Å². The fourth-order valence-electron chi connectivity index (χ4n) is 3.52. The number of ether oxygens (including phenoxy) is 1. The van der Waals surface area contributed by atoms with E-state index in [1.807, 2.05) is 42.5 Å². The standard InChI is InChI=1S/C22H26Cl2N2O2/c1-28-19-5-2-16(3-6-19)8-11-25-22(27)18-9-12-26(13-10-18)15-17-4-7-20(23)21(24)14-17/h2-7,14,18H,8-13,15H2,1H3,(H,25,27). The van der Waals surface area contributed by atoms with Gasteiger partial charge in [0.1, 0.15) is 5.75 Å². The van der Waals surface area contributed by atoms with Crippen LogP contribution in [0.4, 0.5) is 0 Å². The minimum absolute atomic E-state index is 0.0981. The van der Waals surface area contributed by atoms with Crippen LogP contribution in [-0.4, -0.2) is 37.6 Å². The van der Waals surface area contributed by atoms with Crippen LogP contribution in [0.1, 0.15) is 24.0 Å². The summed E-state index contributed by atoms with van der Waals surface area (Å²) in [5.74, 6) is 1.11. The Kier molecular flexibility index (Phi) is 7.60. The van der Waals surface area contributed by atoms with Crippen LogP contribution < -0.4 is 10.1 Å². The highest BCUT2D eigenvalue weighted by molar-refractivity contribution is 6.42. The summed E-state index contributed by atoms with van der Waals surface area (Å²) >= 11 is 12.1. The van der Waals surface area contributed by atoms with Crippen molar-refractivity contribution in [3.63, 3.8) is 0 Å². The third kappa shape index (κ3) is 5.87. The highest BCUT2D eigenvalue weighted by Crippen LogP contribution is 2.25. The first-order valence-electron chi connectivity index (χ1n) is 9.62. The average Bonchev–Trinajstić information content (AvgIpc) is 2.72. The summed E-state index contributed by atoms with van der Waals surface area (Å²) in [6, 6.07) is 13.7. The van der Waals surface area contributed by atoms with E-state index in [9.17, 15) is 4.79 Å². The summed E-state index contributed by atoms with van der Waals surface area (Å²) in [7, 11) is 1.66. The molecule has 1 saturated heterocycles. The van der Waals surface area contributed by atoms with Gasteiger partial charge in [-0.2, -0.15) is 0 Å². The molecule has 2 aromatic rings. The fourth-order valence-corrected chi connectivity index (χ4v) is 3.84. The van der Waals surface area contributed by atoms with Gasteiger partial charge in [0, 0.05) is 19.0 Å². The molecule has 1 N–H and O–H groups in total. The maximum absolute atomic E-state index is 12.5. The number of carbonyl (C=O) groups excluding carboxylic acids is 1. The molecule has 0 aliphatic carbocycles. The molecule has 1 fully saturated rings. The number of benzene rings is 2. The Morgan fingerprint density at radius 1 is 1.07 bits per heavy atom. The first kappa shape index (κ1) is 21.0. The van der Waals surface area contributed by atoms with Crippen molar-refractivity contribution in [2.75, 3.05) is 26.7 Å². The summed E-state index contributed by atoms with van der Waals surface area (Å²) in [6.45, 7) is 3.32. The Hall–Kier alpha value is -1.75. The molecule has 0 saturated carbocycles. The summed E-state index contributed by atoms with van der Waals surface area (Å²) in [4.78, 5) is 14.8. The molecule has 0 radical (unpaired) electrons. The zero-order valence-corrected chi connectivity index (χ0v) is 17.6. The van der Waals surface area contributed by atoms with E-state index in [0.29, 0.717) is 16.6 Å². The number of nitrogens with one attached hydrogen (secondary N) is 1. The van der Waals surface area contributed by atoms with Gasteiger partial charge in [0.2, 0.25) is 5.91 Å². The van der Waals surface area contributed by atoms with E-state index in [4.69, 9.17) is 27.9 Å². The fraction of sp³-hybridized carbons (Fsp3) is 0.409. The van der Waals surface area contributed by atoms with Crippen LogP contribution in [0, 0.1) is 5.92 Å². The van der Waals surface area contributed by atoms with Gasteiger partial charge < -0.3 is 10.1 Å². The molecule has 3 rings (SSSR count). The van der Waals surface area contributed by atoms with Gasteiger partial charge in [0.25, 0.3) is 0 Å². The molecule has 6 heteroatoms. The molecule has 1 amide bonds. The van der Waals surface area contributed by atoms with Gasteiger partial charge in [-0.05, 0) is 67.7 Å². The van der Waals surface area contributed by atoms with Crippen LogP contribution in [0.3, 0.4) is 0 Å². The molecule has 0 atom stereocenters. The molecule has 1 heterocycles. The van der Waals surface area contributed by atoms with Crippen molar-refractivity contribution in [3.8, 4) is 5.75 Å². The zero-order valence-electron chi connectivity index (χ0n) is 16.1. The second-order valence-corrected chi connectivity index (χ2v) is 8.00. The average molecular weight is 421 g/mol. The minimum atomic E-state index is 0.0981. The molecule has 2 aromatic carbocycles. The predicted molar refractivity (Wildman–Crippen MR) is 114 cm³/mol. The van der Waals surface area contributed by atoms with Gasteiger partial charge in [0.15, 0.2) is 0 Å². The van der Waals surface area contributed by atoms with E-state index in [1.54, 1.807) is 7.11 Å². The van der Waals surface area contributed by atoms with Gasteiger partial charge in [-0.1, -0.05) is 41.4 Å². The molecule has 1 aliphatic heterocycles. The van der Waals surface area contributed by atoms with Crippen molar-refractivity contribution in [1.29, 1.82) is 0 Å². The third-order valence-corrected chi connectivity index (χ3v) is 5.96. The van der Waals surface area contributed by atoms with E-state index in [2.05, 4.69) is 10.2 Å². The normalized spacial score (nSPS) is 15.4. The van der Waals surface area contributed by atoms with Crippen LogP contribution in [0.25, 0.3) is 0 Å². The minimum Gasteiger partial charge on any atom is -0.497 e. The lowest BCUT2D eigenvalue weighted by Crippen LogP contribution is -2.40. The van der Waals surface area contributed by atoms with Crippen LogP contribution in [0.5, 0.6) is 5.75 Å². The van der Waals surface area contributed by atoms with Crippen molar-refractivity contribution < 1.29 is 9.53 Å². The molecule has 0 unspecified atom stereocenters. The highest BCUT2D eigenvalue weighted by atomic mass is 35.5. The summed E-state index contributed by atoms with van der Waals surface area (Å²) in [5.41, 5.74) is 2.34. The van der Waals surface area contributed by atoms with Crippen molar-refractivity contribution in [2.45, 2.75) is 25.8 Å². The molecule has 28 heavy (non-hydrogen) atoms. The van der Waals surface area contributed by atoms with Crippen LogP contribution >= 0.6 is 23.2 Å². The number of amides is 1. The van der Waals surface area contributed by atoms with Crippen molar-refractivity contribution in [1.82, 2.24) is 10.2 Å². The Balaban J connectivity index is 1.38. The van der Waals surface area contributed by atoms with E-state index >= 15 is 0 Å². The smallest absolute Gasteiger partial charge is 0.223 e. The Morgan fingerprint density at radius 3 is 2.39 bits per heavy atom. The molecule has 0 spiro atoms. The monoisotopic (exact) mass is 420 g/mol. The summed E-state index contributed by atoms with van der Waals surface area (Å²) in [6.07, 6.45) is 2.59. The van der Waals surface area contributed by atoms with Crippen molar-refractivity contribution >= 4 is 29.1 Å². The lowest BCUT2D eigenvalue weighted by Gasteiger charge is -2.31. The number of hydrogen-bond acceptors (Lipinski definition) is 3. The summed E-state index contributed by atoms with van der Waals surface area (Å²) in [5, 5.41) is 4.25. The second-order valence-electron chi connectivity index (χ2n) is 7.19. The van der Waals surface area contributed by atoms with Crippen LogP contribution in [-0.2, 0) is 17.8 Å². The number of likely N-dealkylation sites (tertiary alicyclic amines) is 1. The largest absolute Gasteiger partial charge is 0.497 e. The van der Waals surface area contributed by atoms with E-state index in [1.165, 1.54) is 5.56 Å². The zero-order chi connectivity index (χ0) is 19.9. The number of piperidine rings is 1. The van der Waals surface area contributed by atoms with Crippen molar-refractivity contribution in [2.24, 2.45) is 5.92 Å². The number of hydrogen-bond donors (Lipinski definition) is 1. The quantitative estimate of drug-likeness (QED) is 0.712. The molecule has 0 bridgehead atoms. The Labute approximate surface area is 176 Å². The Morgan fingerprint density at radius 2 is 1.75 bits per heavy atom. The first-order chi connectivity index (χ1) is 13.5. The molecular formula is C22H26Cl2N2O2. The Bertz CT molecular complexity index is 788. The number of methoxy groups -OCH3 is 1. The number of nitrogens with zero attached hydrogens (tertiary/aromatic N) is 1. The number of carbonyl (C=O) groups is 1. The second kappa shape index (κ2) is 10.1. The van der Waals surface area contributed by atoms with Gasteiger partial charge in [-0.15, -0.1) is 0 Å². The summed E-state index contributed by atoms with van der Waals surface area (Å²) < 4.78 is 5.16. The van der Waals surface area contributed by atoms with Crippen LogP contribution in [0.2, 0.25) is 10.0 Å². The molecular weight excluding hydrogens is 395 g/mol. The molecule has 4 nitrogen and oxygen atoms in total. The lowest BCUT2D eigenvalue weighted by atomic mass is 9.95. The highest BCUT2D eigenvalue weighted by Gasteiger charge is 2.24. The molecule has 1 aliphatic rings. The van der Waals surface area contributed by atoms with E-state index in [-0.39, 0.29) is 11.8 Å². The predicted octanol–water partition coefficient (Wildman–Crippen LogP) is 4.57. The van der Waals surface area contributed by atoms with Gasteiger partial charge >= 0.3 is 0 Å². The lowest BCUT2D eigenvalue weighted by molar-refractivity contribution is -0.126. The van der Waals surface area contributed by atoms with Crippen LogP contribution in [0.15, 0.2) is 42.5 Å². The maximum Gasteiger partial charge on any atom is 0.223 e. The number of halogens is 2. The van der Waals surface area contributed by atoms with Crippen molar-refractivity contribution in [3.05, 3.63) is 63.6 Å². The molecule has 150 valence electrons. The van der Waals surface area contributed by atoms with E-state index < -0.39 is 0 Å². The molecule has 0 aromatic heterocycles. The third-order valence-electron chi connectivity index (χ3n) is 5.22.